The molecule has 0 radical (unpaired) electrons. The molecule has 3 rings (SSSR count). The average molecular weight is 323 g/mol. The molecule has 22 heavy (non-hydrogen) atoms. The van der Waals surface area contributed by atoms with Crippen LogP contribution in [0.5, 0.6) is 0 Å². The molecule has 1 aromatic rings. The van der Waals surface area contributed by atoms with Crippen LogP contribution < -0.4 is 10.4 Å². The van der Waals surface area contributed by atoms with Crippen LogP contribution in [0.15, 0.2) is 23.1 Å². The summed E-state index contributed by atoms with van der Waals surface area (Å²) in [6.07, 6.45) is 0. The van der Waals surface area contributed by atoms with E-state index in [1.807, 2.05) is 18.2 Å². The summed E-state index contributed by atoms with van der Waals surface area (Å²) in [4.78, 5) is 2.99. The predicted molar refractivity (Wildman–Crippen MR) is 88.0 cm³/mol. The second-order valence-electron chi connectivity index (χ2n) is 6.58. The van der Waals surface area contributed by atoms with Gasteiger partial charge in [-0.25, -0.2) is 0 Å². The third-order valence-electron chi connectivity index (χ3n) is 3.93. The number of methoxy groups -OCH3 is 1. The van der Waals surface area contributed by atoms with E-state index in [-0.39, 0.29) is 12.5 Å². The van der Waals surface area contributed by atoms with Gasteiger partial charge in [0, 0.05) is 32.3 Å². The molecule has 2 heterocycles. The lowest BCUT2D eigenvalue weighted by Gasteiger charge is -2.33. The van der Waals surface area contributed by atoms with Crippen LogP contribution in [0.25, 0.3) is 0 Å². The standard InChI is InChI=1S/C15H22BNO4S/c1-15(2)9-20-16(21-10-15)12-4-5-14-13(8-12)17(6-7-19-3)11-22(14)18/h4-5,8H,6-7,9-11H2,1-3H3. The minimum absolute atomic E-state index is 0.0548. The highest BCUT2D eigenvalue weighted by Crippen LogP contribution is 2.31. The molecule has 1 atom stereocenters. The van der Waals surface area contributed by atoms with Crippen molar-refractivity contribution in [2.75, 3.05) is 44.3 Å². The Hall–Kier alpha value is -0.885. The molecule has 0 bridgehead atoms. The first-order valence-corrected chi connectivity index (χ1v) is 8.81. The number of benzene rings is 1. The highest BCUT2D eigenvalue weighted by molar-refractivity contribution is 7.85. The molecule has 120 valence electrons. The molecule has 0 aromatic heterocycles. The van der Waals surface area contributed by atoms with Crippen LogP contribution in [0.2, 0.25) is 0 Å². The first-order chi connectivity index (χ1) is 10.5. The number of anilines is 1. The normalized spacial score (nSPS) is 23.7. The van der Waals surface area contributed by atoms with Crippen LogP contribution >= 0.6 is 0 Å². The van der Waals surface area contributed by atoms with Crippen molar-refractivity contribution in [1.82, 2.24) is 0 Å². The van der Waals surface area contributed by atoms with E-state index in [0.29, 0.717) is 25.7 Å². The molecule has 2 aliphatic heterocycles. The van der Waals surface area contributed by atoms with Crippen LogP contribution in [-0.2, 0) is 24.8 Å². The van der Waals surface area contributed by atoms with Gasteiger partial charge in [-0.2, -0.15) is 0 Å². The SMILES string of the molecule is COCCN1CS(=O)c2ccc(B3OCC(C)(C)CO3)cc21. The van der Waals surface area contributed by atoms with E-state index < -0.39 is 10.8 Å². The fraction of sp³-hybridized carbons (Fsp3) is 0.600. The summed E-state index contributed by atoms with van der Waals surface area (Å²) in [5, 5.41) is 0. The molecule has 0 spiro atoms. The van der Waals surface area contributed by atoms with Crippen molar-refractivity contribution in [1.29, 1.82) is 0 Å². The van der Waals surface area contributed by atoms with Gasteiger partial charge in [-0.3, -0.25) is 4.21 Å². The number of rotatable bonds is 4. The highest BCUT2D eigenvalue weighted by Gasteiger charge is 2.35. The van der Waals surface area contributed by atoms with Crippen LogP contribution in [-0.4, -0.2) is 50.7 Å². The number of hydrogen-bond acceptors (Lipinski definition) is 5. The number of ether oxygens (including phenoxy) is 1. The number of nitrogens with zero attached hydrogens (tertiary/aromatic N) is 1. The smallest absolute Gasteiger partial charge is 0.407 e. The average Bonchev–Trinajstić information content (AvgIpc) is 2.81. The Labute approximate surface area is 134 Å². The first-order valence-electron chi connectivity index (χ1n) is 7.50. The Morgan fingerprint density at radius 3 is 2.77 bits per heavy atom. The van der Waals surface area contributed by atoms with Crippen molar-refractivity contribution in [2.24, 2.45) is 5.41 Å². The van der Waals surface area contributed by atoms with Gasteiger partial charge in [-0.1, -0.05) is 19.9 Å². The van der Waals surface area contributed by atoms with Crippen LogP contribution in [0, 0.1) is 5.41 Å². The van der Waals surface area contributed by atoms with Crippen LogP contribution in [0.3, 0.4) is 0 Å². The number of hydrogen-bond donors (Lipinski definition) is 0. The minimum atomic E-state index is -0.968. The lowest BCUT2D eigenvalue weighted by atomic mass is 9.76. The molecule has 5 nitrogen and oxygen atoms in total. The van der Waals surface area contributed by atoms with Gasteiger partial charge in [0.1, 0.15) is 0 Å². The summed E-state index contributed by atoms with van der Waals surface area (Å²) in [7, 11) is 0.372. The topological polar surface area (TPSA) is 48.0 Å². The van der Waals surface area contributed by atoms with Gasteiger partial charge in [0.05, 0.1) is 33.9 Å². The summed E-state index contributed by atoms with van der Waals surface area (Å²) < 4.78 is 29.0. The van der Waals surface area contributed by atoms with Gasteiger partial charge >= 0.3 is 7.12 Å². The van der Waals surface area contributed by atoms with Crippen molar-refractivity contribution in [2.45, 2.75) is 18.7 Å². The zero-order chi connectivity index (χ0) is 15.7. The van der Waals surface area contributed by atoms with Crippen LogP contribution in [0.4, 0.5) is 5.69 Å². The minimum Gasteiger partial charge on any atom is -0.407 e. The van der Waals surface area contributed by atoms with Gasteiger partial charge in [0.15, 0.2) is 0 Å². The van der Waals surface area contributed by atoms with E-state index in [1.54, 1.807) is 7.11 Å². The third-order valence-corrected chi connectivity index (χ3v) is 5.31. The van der Waals surface area contributed by atoms with Crippen molar-refractivity contribution < 1.29 is 18.3 Å². The van der Waals surface area contributed by atoms with Crippen molar-refractivity contribution in [3.05, 3.63) is 18.2 Å². The zero-order valence-corrected chi connectivity index (χ0v) is 14.1. The summed E-state index contributed by atoms with van der Waals surface area (Å²) in [5.74, 6) is 0.529. The molecule has 0 saturated carbocycles. The predicted octanol–water partition coefficient (Wildman–Crippen LogP) is 0.986. The molecule has 1 aromatic carbocycles. The molecular weight excluding hydrogens is 301 g/mol. The zero-order valence-electron chi connectivity index (χ0n) is 13.3. The van der Waals surface area contributed by atoms with E-state index in [0.717, 1.165) is 22.6 Å². The van der Waals surface area contributed by atoms with Gasteiger partial charge in [0.25, 0.3) is 0 Å². The lowest BCUT2D eigenvalue weighted by molar-refractivity contribution is 0.0343. The van der Waals surface area contributed by atoms with Crippen molar-refractivity contribution >= 4 is 29.1 Å². The van der Waals surface area contributed by atoms with Gasteiger partial charge in [-0.15, -0.1) is 0 Å². The summed E-state index contributed by atoms with van der Waals surface area (Å²) >= 11 is 0. The molecule has 0 amide bonds. The molecule has 1 fully saturated rings. The number of fused-ring (bicyclic) bond motifs is 1. The Kier molecular flexibility index (Phi) is 4.59. The monoisotopic (exact) mass is 323 g/mol. The molecular formula is C15H22BNO4S. The largest absolute Gasteiger partial charge is 0.493 e. The third kappa shape index (κ3) is 3.22. The fourth-order valence-electron chi connectivity index (χ4n) is 2.67. The van der Waals surface area contributed by atoms with Gasteiger partial charge < -0.3 is 18.9 Å². The summed E-state index contributed by atoms with van der Waals surface area (Å²) in [6.45, 7) is 6.95. The Bertz CT molecular complexity index is 571. The molecule has 0 N–H and O–H groups in total. The molecule has 1 unspecified atom stereocenters. The molecule has 0 aliphatic carbocycles. The quantitative estimate of drug-likeness (QED) is 0.774. The van der Waals surface area contributed by atoms with Crippen molar-refractivity contribution in [3.63, 3.8) is 0 Å². The van der Waals surface area contributed by atoms with E-state index in [9.17, 15) is 4.21 Å². The fourth-order valence-corrected chi connectivity index (χ4v) is 4.00. The second kappa shape index (κ2) is 6.32. The van der Waals surface area contributed by atoms with Gasteiger partial charge in [-0.05, 0) is 17.6 Å². The van der Waals surface area contributed by atoms with E-state index >= 15 is 0 Å². The maximum atomic E-state index is 12.2. The Morgan fingerprint density at radius 1 is 1.36 bits per heavy atom. The van der Waals surface area contributed by atoms with E-state index in [2.05, 4.69) is 18.7 Å². The van der Waals surface area contributed by atoms with Gasteiger partial charge in [0.2, 0.25) is 0 Å². The maximum Gasteiger partial charge on any atom is 0.493 e. The van der Waals surface area contributed by atoms with Crippen LogP contribution in [0.1, 0.15) is 13.8 Å². The van der Waals surface area contributed by atoms with E-state index in [4.69, 9.17) is 14.0 Å². The maximum absolute atomic E-state index is 12.2. The van der Waals surface area contributed by atoms with E-state index in [1.165, 1.54) is 0 Å². The highest BCUT2D eigenvalue weighted by atomic mass is 32.2. The molecule has 1 saturated heterocycles. The molecule has 7 heteroatoms. The lowest BCUT2D eigenvalue weighted by Crippen LogP contribution is -2.47. The summed E-state index contributed by atoms with van der Waals surface area (Å²) in [6, 6.07) is 5.93. The molecule has 2 aliphatic rings. The first kappa shape index (κ1) is 16.0. The second-order valence-corrected chi connectivity index (χ2v) is 7.97. The van der Waals surface area contributed by atoms with Crippen molar-refractivity contribution in [3.8, 4) is 0 Å². The Morgan fingerprint density at radius 2 is 2.09 bits per heavy atom. The summed E-state index contributed by atoms with van der Waals surface area (Å²) in [5.41, 5.74) is 2.04. The Balaban J connectivity index is 1.79.